The lowest BCUT2D eigenvalue weighted by molar-refractivity contribution is -0.0387. The van der Waals surface area contributed by atoms with E-state index >= 15 is 0 Å². The van der Waals surface area contributed by atoms with E-state index in [4.69, 9.17) is 4.98 Å². The standard InChI is InChI=1S/C15H22F2N2/c1-9-7-10(2)13-12(8-9)18-14(19-13)11-3-5-15(16,17)6-4-11/h9-11H,3-8H2,1-2H3,(H,18,19). The lowest BCUT2D eigenvalue weighted by Crippen LogP contribution is -2.24. The highest BCUT2D eigenvalue weighted by Gasteiger charge is 2.37. The van der Waals surface area contributed by atoms with Crippen molar-refractivity contribution in [3.8, 4) is 0 Å². The fourth-order valence-corrected chi connectivity index (χ4v) is 3.66. The molecule has 0 aliphatic heterocycles. The Hall–Kier alpha value is -0.930. The molecule has 0 aromatic carbocycles. The summed E-state index contributed by atoms with van der Waals surface area (Å²) < 4.78 is 26.4. The van der Waals surface area contributed by atoms with Gasteiger partial charge in [-0.25, -0.2) is 13.8 Å². The Morgan fingerprint density at radius 1 is 1.21 bits per heavy atom. The summed E-state index contributed by atoms with van der Waals surface area (Å²) in [6.07, 6.45) is 3.37. The molecular weight excluding hydrogens is 246 g/mol. The molecule has 2 aliphatic rings. The van der Waals surface area contributed by atoms with Crippen molar-refractivity contribution in [1.29, 1.82) is 0 Å². The van der Waals surface area contributed by atoms with Crippen LogP contribution in [0.2, 0.25) is 0 Å². The molecule has 1 saturated carbocycles. The van der Waals surface area contributed by atoms with Crippen LogP contribution in [0, 0.1) is 5.92 Å². The number of fused-ring (bicyclic) bond motifs is 1. The smallest absolute Gasteiger partial charge is 0.248 e. The number of imidazole rings is 1. The van der Waals surface area contributed by atoms with Crippen LogP contribution in [0.25, 0.3) is 0 Å². The number of hydrogen-bond acceptors (Lipinski definition) is 1. The van der Waals surface area contributed by atoms with Crippen molar-refractivity contribution in [3.63, 3.8) is 0 Å². The molecule has 19 heavy (non-hydrogen) atoms. The van der Waals surface area contributed by atoms with E-state index in [9.17, 15) is 8.78 Å². The second kappa shape index (κ2) is 4.57. The summed E-state index contributed by atoms with van der Waals surface area (Å²) in [5.41, 5.74) is 2.43. The largest absolute Gasteiger partial charge is 0.345 e. The summed E-state index contributed by atoms with van der Waals surface area (Å²) in [5.74, 6) is -0.112. The molecule has 2 unspecified atom stereocenters. The lowest BCUT2D eigenvalue weighted by Gasteiger charge is -2.26. The summed E-state index contributed by atoms with van der Waals surface area (Å²) in [6.45, 7) is 4.48. The molecule has 0 spiro atoms. The van der Waals surface area contributed by atoms with Gasteiger partial charge in [-0.2, -0.15) is 0 Å². The number of rotatable bonds is 1. The van der Waals surface area contributed by atoms with Crippen LogP contribution in [0.5, 0.6) is 0 Å². The zero-order valence-electron chi connectivity index (χ0n) is 11.7. The molecule has 1 N–H and O–H groups in total. The number of aromatic amines is 1. The van der Waals surface area contributed by atoms with E-state index < -0.39 is 5.92 Å². The van der Waals surface area contributed by atoms with E-state index in [0.29, 0.717) is 24.7 Å². The minimum absolute atomic E-state index is 0.00892. The van der Waals surface area contributed by atoms with E-state index in [1.165, 1.54) is 17.8 Å². The van der Waals surface area contributed by atoms with Crippen molar-refractivity contribution < 1.29 is 8.78 Å². The maximum atomic E-state index is 13.2. The molecule has 2 aliphatic carbocycles. The van der Waals surface area contributed by atoms with Crippen LogP contribution < -0.4 is 0 Å². The summed E-state index contributed by atoms with van der Waals surface area (Å²) in [4.78, 5) is 8.17. The third-order valence-electron chi connectivity index (χ3n) is 4.71. The first-order chi connectivity index (χ1) is 8.94. The normalized spacial score (nSPS) is 31.2. The molecule has 0 bridgehead atoms. The zero-order chi connectivity index (χ0) is 13.6. The van der Waals surface area contributed by atoms with Crippen LogP contribution in [-0.4, -0.2) is 15.9 Å². The molecule has 4 heteroatoms. The molecule has 2 atom stereocenters. The summed E-state index contributed by atoms with van der Waals surface area (Å²) >= 11 is 0. The van der Waals surface area contributed by atoms with Crippen LogP contribution in [0.3, 0.4) is 0 Å². The van der Waals surface area contributed by atoms with Crippen molar-refractivity contribution in [2.24, 2.45) is 5.92 Å². The van der Waals surface area contributed by atoms with E-state index in [0.717, 1.165) is 12.2 Å². The maximum absolute atomic E-state index is 13.2. The molecule has 3 rings (SSSR count). The topological polar surface area (TPSA) is 28.7 Å². The molecule has 1 heterocycles. The fraction of sp³-hybridized carbons (Fsp3) is 0.800. The molecule has 0 radical (unpaired) electrons. The lowest BCUT2D eigenvalue weighted by atomic mass is 9.84. The van der Waals surface area contributed by atoms with Gasteiger partial charge in [0.1, 0.15) is 5.82 Å². The quantitative estimate of drug-likeness (QED) is 0.804. The Bertz CT molecular complexity index is 457. The number of nitrogens with zero attached hydrogens (tertiary/aromatic N) is 1. The van der Waals surface area contributed by atoms with Crippen molar-refractivity contribution in [1.82, 2.24) is 9.97 Å². The van der Waals surface area contributed by atoms with E-state index in [1.807, 2.05) is 0 Å². The SMILES string of the molecule is CC1Cc2[nH]c(C3CCC(F)(F)CC3)nc2C(C)C1. The van der Waals surface area contributed by atoms with Crippen LogP contribution in [0.4, 0.5) is 8.78 Å². The molecule has 1 fully saturated rings. The summed E-state index contributed by atoms with van der Waals surface area (Å²) in [5, 5.41) is 0. The number of hydrogen-bond donors (Lipinski definition) is 1. The van der Waals surface area contributed by atoms with Crippen LogP contribution in [0.1, 0.15) is 75.0 Å². The highest BCUT2D eigenvalue weighted by molar-refractivity contribution is 5.24. The van der Waals surface area contributed by atoms with Gasteiger partial charge in [0.25, 0.3) is 0 Å². The Labute approximate surface area is 113 Å². The van der Waals surface area contributed by atoms with E-state index in [-0.39, 0.29) is 18.8 Å². The van der Waals surface area contributed by atoms with Crippen LogP contribution in [-0.2, 0) is 6.42 Å². The van der Waals surface area contributed by atoms with Gasteiger partial charge >= 0.3 is 0 Å². The first-order valence-corrected chi connectivity index (χ1v) is 7.41. The first-order valence-electron chi connectivity index (χ1n) is 7.41. The molecule has 1 aromatic rings. The summed E-state index contributed by atoms with van der Waals surface area (Å²) in [7, 11) is 0. The number of nitrogens with one attached hydrogen (secondary N) is 1. The van der Waals surface area contributed by atoms with Crippen LogP contribution >= 0.6 is 0 Å². The monoisotopic (exact) mass is 268 g/mol. The van der Waals surface area contributed by atoms with Gasteiger partial charge in [0.05, 0.1) is 5.69 Å². The van der Waals surface area contributed by atoms with Crippen molar-refractivity contribution in [2.45, 2.75) is 70.1 Å². The Morgan fingerprint density at radius 2 is 1.89 bits per heavy atom. The van der Waals surface area contributed by atoms with Crippen LogP contribution in [0.15, 0.2) is 0 Å². The second-order valence-electron chi connectivity index (χ2n) is 6.56. The van der Waals surface area contributed by atoms with Crippen molar-refractivity contribution in [3.05, 3.63) is 17.2 Å². The van der Waals surface area contributed by atoms with Gasteiger partial charge in [-0.15, -0.1) is 0 Å². The molecule has 106 valence electrons. The molecule has 1 aromatic heterocycles. The molecular formula is C15H22F2N2. The molecule has 0 saturated heterocycles. The second-order valence-corrected chi connectivity index (χ2v) is 6.56. The predicted octanol–water partition coefficient (Wildman–Crippen LogP) is 4.39. The van der Waals surface area contributed by atoms with Gasteiger partial charge in [0, 0.05) is 30.4 Å². The molecule has 0 amide bonds. The highest BCUT2D eigenvalue weighted by atomic mass is 19.3. The number of alkyl halides is 2. The number of H-pyrrole nitrogens is 1. The van der Waals surface area contributed by atoms with Gasteiger partial charge in [-0.05, 0) is 31.6 Å². The average molecular weight is 268 g/mol. The van der Waals surface area contributed by atoms with Gasteiger partial charge in [0.15, 0.2) is 0 Å². The van der Waals surface area contributed by atoms with Gasteiger partial charge in [-0.1, -0.05) is 13.8 Å². The number of aromatic nitrogens is 2. The summed E-state index contributed by atoms with van der Waals surface area (Å²) in [6, 6.07) is 0. The third-order valence-corrected chi connectivity index (χ3v) is 4.71. The third kappa shape index (κ3) is 2.54. The average Bonchev–Trinajstić information content (AvgIpc) is 2.72. The molecule has 2 nitrogen and oxygen atoms in total. The first kappa shape index (κ1) is 13.1. The minimum atomic E-state index is -2.45. The predicted molar refractivity (Wildman–Crippen MR) is 70.6 cm³/mol. The minimum Gasteiger partial charge on any atom is -0.345 e. The van der Waals surface area contributed by atoms with E-state index in [2.05, 4.69) is 18.8 Å². The highest BCUT2D eigenvalue weighted by Crippen LogP contribution is 2.41. The van der Waals surface area contributed by atoms with E-state index in [1.54, 1.807) is 0 Å². The van der Waals surface area contributed by atoms with Gasteiger partial charge in [-0.3, -0.25) is 0 Å². The van der Waals surface area contributed by atoms with Crippen molar-refractivity contribution in [2.75, 3.05) is 0 Å². The Morgan fingerprint density at radius 3 is 2.58 bits per heavy atom. The van der Waals surface area contributed by atoms with Gasteiger partial charge in [0.2, 0.25) is 5.92 Å². The van der Waals surface area contributed by atoms with Gasteiger partial charge < -0.3 is 4.98 Å². The Kier molecular flexibility index (Phi) is 3.14. The number of halogens is 2. The maximum Gasteiger partial charge on any atom is 0.248 e. The zero-order valence-corrected chi connectivity index (χ0v) is 11.7. The van der Waals surface area contributed by atoms with Crippen molar-refractivity contribution >= 4 is 0 Å². The Balaban J connectivity index is 1.78. The fourth-order valence-electron chi connectivity index (χ4n) is 3.66.